The molecule has 0 radical (unpaired) electrons. The van der Waals surface area contributed by atoms with Gasteiger partial charge in [-0.1, -0.05) is 19.1 Å². The first-order valence-corrected chi connectivity index (χ1v) is 11.0. The fraction of sp³-hybridized carbons (Fsp3) is 0.280. The monoisotopic (exact) mass is 481 g/mol. The molecule has 0 aliphatic heterocycles. The molecule has 0 bridgehead atoms. The Bertz CT molecular complexity index is 1280. The van der Waals surface area contributed by atoms with Crippen molar-refractivity contribution in [3.8, 4) is 11.5 Å². The van der Waals surface area contributed by atoms with Crippen LogP contribution in [-0.4, -0.2) is 43.8 Å². The van der Waals surface area contributed by atoms with Gasteiger partial charge in [-0.3, -0.25) is 14.4 Å². The Balaban J connectivity index is 1.69. The third-order valence-corrected chi connectivity index (χ3v) is 5.38. The Morgan fingerprint density at radius 3 is 2.26 bits per heavy atom. The van der Waals surface area contributed by atoms with Crippen molar-refractivity contribution in [2.45, 2.75) is 25.8 Å². The van der Waals surface area contributed by atoms with Gasteiger partial charge in [-0.25, -0.2) is 4.79 Å². The highest BCUT2D eigenvalue weighted by atomic mass is 16.5. The number of benzene rings is 2. The number of carboxylic acids is 1. The number of hydrogen-bond donors (Lipinski definition) is 4. The van der Waals surface area contributed by atoms with Gasteiger partial charge in [0.1, 0.15) is 28.9 Å². The standard InChI is InChI=1S/C25H27N3O7/c1-4-11-26-20-21(23(30)22(20)29)28-18(25(32)33)12-14-5-7-15(8-6-14)27-24(31)17-10-9-16(34-2)13-19(17)35-3/h5-10,13,18,26,28H,4,11-12H2,1-3H3,(H,27,31)(H,32,33)/t18-/m0/s1. The van der Waals surface area contributed by atoms with E-state index in [1.807, 2.05) is 6.92 Å². The molecule has 0 heterocycles. The number of ether oxygens (including phenoxy) is 2. The van der Waals surface area contributed by atoms with Crippen LogP contribution in [0.3, 0.4) is 0 Å². The van der Waals surface area contributed by atoms with Gasteiger partial charge in [-0.15, -0.1) is 0 Å². The lowest BCUT2D eigenvalue weighted by atomic mass is 10.0. The third-order valence-electron chi connectivity index (χ3n) is 5.38. The lowest BCUT2D eigenvalue weighted by molar-refractivity contribution is -0.137. The second kappa shape index (κ2) is 11.2. The van der Waals surface area contributed by atoms with Crippen LogP contribution in [0.5, 0.6) is 11.5 Å². The van der Waals surface area contributed by atoms with E-state index in [1.165, 1.54) is 14.2 Å². The highest BCUT2D eigenvalue weighted by molar-refractivity contribution is 6.06. The van der Waals surface area contributed by atoms with Crippen LogP contribution in [-0.2, 0) is 11.2 Å². The molecule has 0 saturated heterocycles. The van der Waals surface area contributed by atoms with Gasteiger partial charge in [-0.2, -0.15) is 0 Å². The fourth-order valence-electron chi connectivity index (χ4n) is 3.47. The summed E-state index contributed by atoms with van der Waals surface area (Å²) >= 11 is 0. The first-order chi connectivity index (χ1) is 16.8. The summed E-state index contributed by atoms with van der Waals surface area (Å²) < 4.78 is 10.4. The SMILES string of the molecule is CCCNc1c(N[C@@H](Cc2ccc(NC(=O)c3ccc(OC)cc3OC)cc2)C(=O)O)c(=O)c1=O. The summed E-state index contributed by atoms with van der Waals surface area (Å²) in [6.07, 6.45) is 0.802. The Labute approximate surface area is 201 Å². The molecular formula is C25H27N3O7. The predicted octanol–water partition coefficient (Wildman–Crippen LogP) is 2.48. The number of anilines is 3. The van der Waals surface area contributed by atoms with E-state index in [2.05, 4.69) is 16.0 Å². The highest BCUT2D eigenvalue weighted by Gasteiger charge is 2.26. The van der Waals surface area contributed by atoms with Gasteiger partial charge in [0.25, 0.3) is 16.8 Å². The topological polar surface area (TPSA) is 143 Å². The zero-order chi connectivity index (χ0) is 25.5. The van der Waals surface area contributed by atoms with Crippen molar-refractivity contribution in [1.82, 2.24) is 0 Å². The normalized spacial score (nSPS) is 11.5. The van der Waals surface area contributed by atoms with Gasteiger partial charge in [0.05, 0.1) is 19.8 Å². The van der Waals surface area contributed by atoms with Crippen molar-refractivity contribution in [1.29, 1.82) is 0 Å². The largest absolute Gasteiger partial charge is 0.497 e. The molecule has 0 fully saturated rings. The molecule has 35 heavy (non-hydrogen) atoms. The Morgan fingerprint density at radius 2 is 1.66 bits per heavy atom. The average molecular weight is 482 g/mol. The second-order valence-electron chi connectivity index (χ2n) is 7.79. The molecule has 3 aromatic carbocycles. The summed E-state index contributed by atoms with van der Waals surface area (Å²) in [5, 5.41) is 17.9. The fourth-order valence-corrected chi connectivity index (χ4v) is 3.47. The van der Waals surface area contributed by atoms with Crippen molar-refractivity contribution < 1.29 is 24.2 Å². The first kappa shape index (κ1) is 25.3. The molecule has 10 heteroatoms. The van der Waals surface area contributed by atoms with Crippen LogP contribution in [0.25, 0.3) is 0 Å². The number of methoxy groups -OCH3 is 2. The van der Waals surface area contributed by atoms with Gasteiger partial charge < -0.3 is 30.5 Å². The minimum atomic E-state index is -1.16. The molecule has 10 nitrogen and oxygen atoms in total. The Morgan fingerprint density at radius 1 is 0.971 bits per heavy atom. The highest BCUT2D eigenvalue weighted by Crippen LogP contribution is 2.25. The molecular weight excluding hydrogens is 454 g/mol. The maximum atomic E-state index is 12.7. The number of carbonyl (C=O) groups is 2. The molecule has 0 saturated carbocycles. The van der Waals surface area contributed by atoms with E-state index in [-0.39, 0.29) is 23.7 Å². The van der Waals surface area contributed by atoms with Crippen molar-refractivity contribution in [3.63, 3.8) is 0 Å². The van der Waals surface area contributed by atoms with Gasteiger partial charge >= 0.3 is 5.97 Å². The molecule has 1 atom stereocenters. The zero-order valence-electron chi connectivity index (χ0n) is 19.6. The maximum Gasteiger partial charge on any atom is 0.326 e. The Hall–Kier alpha value is -4.34. The molecule has 0 spiro atoms. The number of amides is 1. The van der Waals surface area contributed by atoms with Gasteiger partial charge in [0, 0.05) is 24.7 Å². The van der Waals surface area contributed by atoms with E-state index in [4.69, 9.17) is 9.47 Å². The summed E-state index contributed by atoms with van der Waals surface area (Å²) in [6.45, 7) is 2.40. The predicted molar refractivity (Wildman–Crippen MR) is 133 cm³/mol. The number of aliphatic carboxylic acids is 1. The van der Waals surface area contributed by atoms with Gasteiger partial charge in [-0.05, 0) is 36.2 Å². The lowest BCUT2D eigenvalue weighted by Crippen LogP contribution is -2.42. The molecule has 3 aromatic rings. The van der Waals surface area contributed by atoms with Crippen LogP contribution in [0.4, 0.5) is 17.1 Å². The van der Waals surface area contributed by atoms with E-state index < -0.39 is 22.9 Å². The van der Waals surface area contributed by atoms with Crippen LogP contribution < -0.4 is 36.3 Å². The van der Waals surface area contributed by atoms with E-state index in [0.29, 0.717) is 34.9 Å². The summed E-state index contributed by atoms with van der Waals surface area (Å²) in [5.41, 5.74) is 0.216. The number of carbonyl (C=O) groups excluding carboxylic acids is 1. The summed E-state index contributed by atoms with van der Waals surface area (Å²) in [4.78, 5) is 48.2. The van der Waals surface area contributed by atoms with Crippen LogP contribution in [0.1, 0.15) is 29.3 Å². The summed E-state index contributed by atoms with van der Waals surface area (Å²) in [5.74, 6) is -0.626. The third kappa shape index (κ3) is 5.78. The van der Waals surface area contributed by atoms with E-state index in [9.17, 15) is 24.3 Å². The molecule has 0 aliphatic rings. The number of nitrogens with one attached hydrogen (secondary N) is 3. The van der Waals surface area contributed by atoms with Crippen molar-refractivity contribution in [3.05, 3.63) is 74.0 Å². The zero-order valence-corrected chi connectivity index (χ0v) is 19.6. The minimum Gasteiger partial charge on any atom is -0.497 e. The van der Waals surface area contributed by atoms with Crippen molar-refractivity contribution >= 4 is 28.9 Å². The van der Waals surface area contributed by atoms with Crippen molar-refractivity contribution in [2.24, 2.45) is 0 Å². The average Bonchev–Trinajstić information content (AvgIpc) is 2.87. The van der Waals surface area contributed by atoms with Crippen LogP contribution in [0.15, 0.2) is 52.1 Å². The molecule has 4 N–H and O–H groups in total. The second-order valence-corrected chi connectivity index (χ2v) is 7.79. The van der Waals surface area contributed by atoms with E-state index in [0.717, 1.165) is 6.42 Å². The molecule has 0 aromatic heterocycles. The number of hydrogen-bond acceptors (Lipinski definition) is 8. The van der Waals surface area contributed by atoms with Crippen LogP contribution in [0.2, 0.25) is 0 Å². The first-order valence-electron chi connectivity index (χ1n) is 11.0. The summed E-state index contributed by atoms with van der Waals surface area (Å²) in [7, 11) is 2.97. The molecule has 0 unspecified atom stereocenters. The lowest BCUT2D eigenvalue weighted by Gasteiger charge is -2.20. The molecule has 1 amide bonds. The van der Waals surface area contributed by atoms with Gasteiger partial charge in [0.15, 0.2) is 0 Å². The molecule has 0 aliphatic carbocycles. The van der Waals surface area contributed by atoms with Gasteiger partial charge in [0.2, 0.25) is 0 Å². The summed E-state index contributed by atoms with van der Waals surface area (Å²) in [6, 6.07) is 10.4. The van der Waals surface area contributed by atoms with Crippen molar-refractivity contribution in [2.75, 3.05) is 36.7 Å². The number of rotatable bonds is 12. The van der Waals surface area contributed by atoms with Crippen LogP contribution >= 0.6 is 0 Å². The maximum absolute atomic E-state index is 12.7. The molecule has 184 valence electrons. The Kier molecular flexibility index (Phi) is 8.08. The quantitative estimate of drug-likeness (QED) is 0.287. The van der Waals surface area contributed by atoms with Crippen LogP contribution in [0, 0.1) is 0 Å². The molecule has 3 rings (SSSR count). The van der Waals surface area contributed by atoms with E-state index in [1.54, 1.807) is 42.5 Å². The van der Waals surface area contributed by atoms with E-state index >= 15 is 0 Å². The number of carboxylic acid groups (broad SMARTS) is 1. The smallest absolute Gasteiger partial charge is 0.326 e. The minimum absolute atomic E-state index is 0.00632.